The van der Waals surface area contributed by atoms with Crippen molar-refractivity contribution in [1.29, 1.82) is 0 Å². The number of halogens is 3. The Morgan fingerprint density at radius 3 is 2.56 bits per heavy atom. The highest BCUT2D eigenvalue weighted by molar-refractivity contribution is 4.85. The topological polar surface area (TPSA) is 41.5 Å². The van der Waals surface area contributed by atoms with E-state index in [-0.39, 0.29) is 19.6 Å². The predicted molar refractivity (Wildman–Crippen MR) is 62.3 cm³/mol. The molecule has 0 bridgehead atoms. The Balaban J connectivity index is 2.21. The van der Waals surface area contributed by atoms with Crippen LogP contribution in [0.25, 0.3) is 0 Å². The van der Waals surface area contributed by atoms with Gasteiger partial charge in [0.1, 0.15) is 0 Å². The molecule has 1 fully saturated rings. The third-order valence-electron chi connectivity index (χ3n) is 3.29. The van der Waals surface area contributed by atoms with Crippen LogP contribution in [-0.4, -0.2) is 43.7 Å². The standard InChI is InChI=1S/C12H22F3NO2/c13-12(14,15)10-4-1-2-5-11(10)16-6-3-8-18-9-7-17/h10-11,16-17H,1-9H2. The van der Waals surface area contributed by atoms with E-state index >= 15 is 0 Å². The van der Waals surface area contributed by atoms with Crippen molar-refractivity contribution < 1.29 is 23.0 Å². The molecule has 1 aliphatic carbocycles. The van der Waals surface area contributed by atoms with E-state index in [2.05, 4.69) is 5.32 Å². The van der Waals surface area contributed by atoms with Crippen LogP contribution in [0.5, 0.6) is 0 Å². The molecule has 1 aliphatic rings. The fraction of sp³-hybridized carbons (Fsp3) is 1.00. The van der Waals surface area contributed by atoms with Crippen molar-refractivity contribution in [1.82, 2.24) is 5.32 Å². The first kappa shape index (κ1) is 15.7. The second kappa shape index (κ2) is 7.96. The lowest BCUT2D eigenvalue weighted by Crippen LogP contribution is -2.45. The quantitative estimate of drug-likeness (QED) is 0.695. The van der Waals surface area contributed by atoms with Crippen molar-refractivity contribution in [3.63, 3.8) is 0 Å². The minimum atomic E-state index is -4.09. The minimum absolute atomic E-state index is 0.0216. The van der Waals surface area contributed by atoms with E-state index in [1.165, 1.54) is 0 Å². The Hall–Kier alpha value is -0.330. The number of nitrogens with one attached hydrogen (secondary N) is 1. The summed E-state index contributed by atoms with van der Waals surface area (Å²) in [4.78, 5) is 0. The van der Waals surface area contributed by atoms with Gasteiger partial charge in [0.25, 0.3) is 0 Å². The van der Waals surface area contributed by atoms with Crippen molar-refractivity contribution in [2.75, 3.05) is 26.4 Å². The molecule has 108 valence electrons. The molecule has 0 aromatic rings. The zero-order valence-electron chi connectivity index (χ0n) is 10.5. The Bertz CT molecular complexity index is 224. The predicted octanol–water partition coefficient (Wildman–Crippen LogP) is 2.10. The van der Waals surface area contributed by atoms with Crippen LogP contribution in [-0.2, 0) is 4.74 Å². The molecule has 0 heterocycles. The SMILES string of the molecule is OCCOCCCNC1CCCCC1C(F)(F)F. The zero-order chi connectivity index (χ0) is 13.4. The number of aliphatic hydroxyl groups excluding tert-OH is 1. The van der Waals surface area contributed by atoms with Gasteiger partial charge >= 0.3 is 6.18 Å². The highest BCUT2D eigenvalue weighted by atomic mass is 19.4. The molecule has 18 heavy (non-hydrogen) atoms. The molecule has 0 aromatic heterocycles. The maximum absolute atomic E-state index is 12.8. The first-order valence-corrected chi connectivity index (χ1v) is 6.54. The molecule has 0 spiro atoms. The van der Waals surface area contributed by atoms with E-state index in [1.807, 2.05) is 0 Å². The third-order valence-corrected chi connectivity index (χ3v) is 3.29. The van der Waals surface area contributed by atoms with Crippen LogP contribution >= 0.6 is 0 Å². The number of hydrogen-bond donors (Lipinski definition) is 2. The molecule has 2 unspecified atom stereocenters. The van der Waals surface area contributed by atoms with Crippen LogP contribution in [0, 0.1) is 5.92 Å². The summed E-state index contributed by atoms with van der Waals surface area (Å²) < 4.78 is 43.4. The minimum Gasteiger partial charge on any atom is -0.394 e. The third kappa shape index (κ3) is 5.54. The van der Waals surface area contributed by atoms with Gasteiger partial charge in [-0.1, -0.05) is 12.8 Å². The monoisotopic (exact) mass is 269 g/mol. The lowest BCUT2D eigenvalue weighted by atomic mass is 9.84. The molecule has 6 heteroatoms. The molecule has 0 amide bonds. The first-order valence-electron chi connectivity index (χ1n) is 6.54. The van der Waals surface area contributed by atoms with E-state index in [4.69, 9.17) is 9.84 Å². The molecular formula is C12H22F3NO2. The Kier molecular flexibility index (Phi) is 6.96. The van der Waals surface area contributed by atoms with Crippen molar-refractivity contribution in [3.8, 4) is 0 Å². The zero-order valence-corrected chi connectivity index (χ0v) is 10.5. The van der Waals surface area contributed by atoms with Crippen molar-refractivity contribution >= 4 is 0 Å². The summed E-state index contributed by atoms with van der Waals surface area (Å²) >= 11 is 0. The Morgan fingerprint density at radius 2 is 1.89 bits per heavy atom. The summed E-state index contributed by atoms with van der Waals surface area (Å²) in [6.07, 6.45) is -1.05. The van der Waals surface area contributed by atoms with E-state index in [0.717, 1.165) is 6.42 Å². The van der Waals surface area contributed by atoms with E-state index in [0.29, 0.717) is 32.4 Å². The van der Waals surface area contributed by atoms with Gasteiger partial charge in [-0.05, 0) is 25.8 Å². The smallest absolute Gasteiger partial charge is 0.393 e. The first-order chi connectivity index (χ1) is 8.55. The lowest BCUT2D eigenvalue weighted by molar-refractivity contribution is -0.188. The maximum atomic E-state index is 12.8. The van der Waals surface area contributed by atoms with Gasteiger partial charge < -0.3 is 15.2 Å². The van der Waals surface area contributed by atoms with Gasteiger partial charge in [-0.2, -0.15) is 13.2 Å². The fourth-order valence-corrected chi connectivity index (χ4v) is 2.40. The van der Waals surface area contributed by atoms with Crippen LogP contribution in [0.1, 0.15) is 32.1 Å². The van der Waals surface area contributed by atoms with Crippen molar-refractivity contribution in [2.45, 2.75) is 44.3 Å². The highest BCUT2D eigenvalue weighted by Crippen LogP contribution is 2.37. The lowest BCUT2D eigenvalue weighted by Gasteiger charge is -2.33. The fourth-order valence-electron chi connectivity index (χ4n) is 2.40. The number of hydrogen-bond acceptors (Lipinski definition) is 3. The summed E-state index contributed by atoms with van der Waals surface area (Å²) in [7, 11) is 0. The number of aliphatic hydroxyl groups is 1. The molecule has 1 saturated carbocycles. The van der Waals surface area contributed by atoms with Crippen LogP contribution in [0.15, 0.2) is 0 Å². The second-order valence-electron chi connectivity index (χ2n) is 4.68. The highest BCUT2D eigenvalue weighted by Gasteiger charge is 2.45. The van der Waals surface area contributed by atoms with Gasteiger partial charge in [-0.15, -0.1) is 0 Å². The summed E-state index contributed by atoms with van der Waals surface area (Å²) in [6.45, 7) is 1.26. The van der Waals surface area contributed by atoms with E-state index in [1.54, 1.807) is 0 Å². The van der Waals surface area contributed by atoms with Gasteiger partial charge in [0.15, 0.2) is 0 Å². The van der Waals surface area contributed by atoms with Crippen molar-refractivity contribution in [2.24, 2.45) is 5.92 Å². The maximum Gasteiger partial charge on any atom is 0.393 e. The van der Waals surface area contributed by atoms with Gasteiger partial charge in [0, 0.05) is 12.6 Å². The number of alkyl halides is 3. The van der Waals surface area contributed by atoms with Gasteiger partial charge in [-0.25, -0.2) is 0 Å². The number of ether oxygens (including phenoxy) is 1. The Labute approximate surface area is 106 Å². The average molecular weight is 269 g/mol. The van der Waals surface area contributed by atoms with Crippen LogP contribution < -0.4 is 5.32 Å². The summed E-state index contributed by atoms with van der Waals surface area (Å²) in [5.74, 6) is -1.20. The molecule has 2 N–H and O–H groups in total. The van der Waals surface area contributed by atoms with E-state index < -0.39 is 18.1 Å². The van der Waals surface area contributed by atoms with Gasteiger partial charge in [0.2, 0.25) is 0 Å². The largest absolute Gasteiger partial charge is 0.394 e. The van der Waals surface area contributed by atoms with Crippen LogP contribution in [0.4, 0.5) is 13.2 Å². The molecule has 0 saturated heterocycles. The van der Waals surface area contributed by atoms with Crippen molar-refractivity contribution in [3.05, 3.63) is 0 Å². The summed E-state index contributed by atoms with van der Waals surface area (Å²) in [6, 6.07) is -0.448. The molecule has 3 nitrogen and oxygen atoms in total. The summed E-state index contributed by atoms with van der Waals surface area (Å²) in [5, 5.41) is 11.5. The molecule has 0 aromatic carbocycles. The van der Waals surface area contributed by atoms with Crippen LogP contribution in [0.2, 0.25) is 0 Å². The van der Waals surface area contributed by atoms with Crippen LogP contribution in [0.3, 0.4) is 0 Å². The number of rotatable bonds is 7. The average Bonchev–Trinajstić information content (AvgIpc) is 2.33. The van der Waals surface area contributed by atoms with E-state index in [9.17, 15) is 13.2 Å². The second-order valence-corrected chi connectivity index (χ2v) is 4.68. The molecule has 2 atom stereocenters. The molecule has 0 radical (unpaired) electrons. The van der Waals surface area contributed by atoms with Gasteiger partial charge in [0.05, 0.1) is 19.1 Å². The Morgan fingerprint density at radius 1 is 1.17 bits per heavy atom. The molecule has 1 rings (SSSR count). The molecular weight excluding hydrogens is 247 g/mol. The normalized spacial score (nSPS) is 25.3. The summed E-state index contributed by atoms with van der Waals surface area (Å²) in [5.41, 5.74) is 0. The van der Waals surface area contributed by atoms with Gasteiger partial charge in [-0.3, -0.25) is 0 Å². The molecule has 0 aliphatic heterocycles.